The summed E-state index contributed by atoms with van der Waals surface area (Å²) >= 11 is 0. The highest BCUT2D eigenvalue weighted by molar-refractivity contribution is 5.93. The quantitative estimate of drug-likeness (QED) is 0.649. The van der Waals surface area contributed by atoms with Crippen LogP contribution >= 0.6 is 0 Å². The van der Waals surface area contributed by atoms with E-state index in [0.29, 0.717) is 0 Å². The minimum atomic E-state index is -0.272. The number of nitrogens with one attached hydrogen (secondary N) is 1. The van der Waals surface area contributed by atoms with Crippen molar-refractivity contribution in [2.75, 3.05) is 18.9 Å². The number of hydrogen-bond donors (Lipinski definition) is 1. The fourth-order valence-electron chi connectivity index (χ4n) is 3.44. The van der Waals surface area contributed by atoms with Gasteiger partial charge in [0.2, 0.25) is 5.91 Å². The third kappa shape index (κ3) is 4.84. The van der Waals surface area contributed by atoms with Crippen molar-refractivity contribution in [2.45, 2.75) is 19.9 Å². The van der Waals surface area contributed by atoms with Crippen molar-refractivity contribution in [3.05, 3.63) is 101 Å². The molecule has 1 N–H and O–H groups in total. The topological polar surface area (TPSA) is 32.3 Å². The number of amides is 1. The molecule has 1 amide bonds. The first-order valence-corrected chi connectivity index (χ1v) is 9.32. The zero-order valence-corrected chi connectivity index (χ0v) is 16.4. The van der Waals surface area contributed by atoms with Gasteiger partial charge in [-0.25, -0.2) is 4.39 Å². The minimum Gasteiger partial charge on any atom is -0.325 e. The molecule has 28 heavy (non-hydrogen) atoms. The number of rotatable bonds is 6. The first-order valence-electron chi connectivity index (χ1n) is 9.32. The Labute approximate surface area is 165 Å². The second-order valence-corrected chi connectivity index (χ2v) is 7.15. The van der Waals surface area contributed by atoms with Gasteiger partial charge in [0.05, 0.1) is 12.6 Å². The fraction of sp³-hybridized carbons (Fsp3) is 0.208. The second kappa shape index (κ2) is 8.81. The summed E-state index contributed by atoms with van der Waals surface area (Å²) < 4.78 is 13.4. The van der Waals surface area contributed by atoms with Crippen molar-refractivity contribution in [1.29, 1.82) is 0 Å². The summed E-state index contributed by atoms with van der Waals surface area (Å²) in [4.78, 5) is 14.6. The molecule has 3 nitrogen and oxygen atoms in total. The molecule has 0 aliphatic carbocycles. The van der Waals surface area contributed by atoms with Crippen molar-refractivity contribution >= 4 is 11.6 Å². The van der Waals surface area contributed by atoms with Gasteiger partial charge in [-0.15, -0.1) is 0 Å². The molecule has 1 atom stereocenters. The summed E-state index contributed by atoms with van der Waals surface area (Å²) in [5.41, 5.74) is 5.01. The monoisotopic (exact) mass is 376 g/mol. The van der Waals surface area contributed by atoms with Crippen LogP contribution in [0, 0.1) is 19.7 Å². The summed E-state index contributed by atoms with van der Waals surface area (Å²) in [5, 5.41) is 2.99. The standard InChI is InChI=1S/C24H25FN2O/c1-17-9-14-22(18(2)15-17)26-23(28)16-27(3)24(19-7-5-4-6-8-19)20-10-12-21(25)13-11-20/h4-15,24H,16H2,1-3H3,(H,26,28). The molecular weight excluding hydrogens is 351 g/mol. The summed E-state index contributed by atoms with van der Waals surface area (Å²) in [7, 11) is 1.91. The maximum atomic E-state index is 13.4. The molecule has 0 aliphatic rings. The molecule has 0 saturated carbocycles. The maximum Gasteiger partial charge on any atom is 0.238 e. The van der Waals surface area contributed by atoms with E-state index < -0.39 is 0 Å². The molecular formula is C24H25FN2O. The van der Waals surface area contributed by atoms with Crippen molar-refractivity contribution in [3.8, 4) is 0 Å². The first-order chi connectivity index (χ1) is 13.4. The van der Waals surface area contributed by atoms with Crippen LogP contribution < -0.4 is 5.32 Å². The smallest absolute Gasteiger partial charge is 0.238 e. The molecule has 3 rings (SSSR count). The number of halogens is 1. The Hall–Kier alpha value is -2.98. The van der Waals surface area contributed by atoms with Gasteiger partial charge in [-0.05, 0) is 55.8 Å². The van der Waals surface area contributed by atoms with Gasteiger partial charge in [0, 0.05) is 5.69 Å². The Morgan fingerprint density at radius 2 is 1.61 bits per heavy atom. The van der Waals surface area contributed by atoms with Gasteiger partial charge >= 0.3 is 0 Å². The van der Waals surface area contributed by atoms with E-state index in [1.807, 2.05) is 74.3 Å². The van der Waals surface area contributed by atoms with Gasteiger partial charge in [-0.2, -0.15) is 0 Å². The summed E-state index contributed by atoms with van der Waals surface area (Å²) in [6.45, 7) is 4.22. The average molecular weight is 376 g/mol. The lowest BCUT2D eigenvalue weighted by molar-refractivity contribution is -0.117. The normalized spacial score (nSPS) is 12.0. The lowest BCUT2D eigenvalue weighted by Gasteiger charge is -2.28. The predicted molar refractivity (Wildman–Crippen MR) is 112 cm³/mol. The van der Waals surface area contributed by atoms with E-state index in [1.165, 1.54) is 12.1 Å². The van der Waals surface area contributed by atoms with Crippen molar-refractivity contribution < 1.29 is 9.18 Å². The Balaban J connectivity index is 1.80. The van der Waals surface area contributed by atoms with E-state index in [9.17, 15) is 9.18 Å². The van der Waals surface area contributed by atoms with Gasteiger partial charge < -0.3 is 5.32 Å². The lowest BCUT2D eigenvalue weighted by atomic mass is 9.97. The number of carbonyl (C=O) groups excluding carboxylic acids is 1. The molecule has 0 aliphatic heterocycles. The maximum absolute atomic E-state index is 13.4. The largest absolute Gasteiger partial charge is 0.325 e. The van der Waals surface area contributed by atoms with E-state index in [0.717, 1.165) is 27.9 Å². The van der Waals surface area contributed by atoms with Crippen LogP contribution in [0.5, 0.6) is 0 Å². The van der Waals surface area contributed by atoms with Crippen molar-refractivity contribution in [1.82, 2.24) is 4.90 Å². The average Bonchev–Trinajstić information content (AvgIpc) is 2.67. The Kier molecular flexibility index (Phi) is 6.22. The van der Waals surface area contributed by atoms with Gasteiger partial charge in [0.25, 0.3) is 0 Å². The number of aryl methyl sites for hydroxylation is 2. The zero-order valence-electron chi connectivity index (χ0n) is 16.4. The molecule has 0 heterocycles. The molecule has 0 saturated heterocycles. The molecule has 3 aromatic carbocycles. The van der Waals surface area contributed by atoms with Crippen molar-refractivity contribution in [2.24, 2.45) is 0 Å². The van der Waals surface area contributed by atoms with Gasteiger partial charge in [-0.3, -0.25) is 9.69 Å². The van der Waals surface area contributed by atoms with E-state index in [2.05, 4.69) is 5.32 Å². The Morgan fingerprint density at radius 1 is 0.964 bits per heavy atom. The highest BCUT2D eigenvalue weighted by atomic mass is 19.1. The third-order valence-corrected chi connectivity index (χ3v) is 4.79. The molecule has 0 fully saturated rings. The number of benzene rings is 3. The van der Waals surface area contributed by atoms with Crippen LogP contribution in [-0.2, 0) is 4.79 Å². The number of anilines is 1. The van der Waals surface area contributed by atoms with Gasteiger partial charge in [-0.1, -0.05) is 60.2 Å². The number of carbonyl (C=O) groups is 1. The van der Waals surface area contributed by atoms with Crippen LogP contribution in [0.4, 0.5) is 10.1 Å². The zero-order chi connectivity index (χ0) is 20.1. The van der Waals surface area contributed by atoms with E-state index in [-0.39, 0.29) is 24.3 Å². The number of nitrogens with zero attached hydrogens (tertiary/aromatic N) is 1. The van der Waals surface area contributed by atoms with E-state index in [1.54, 1.807) is 12.1 Å². The third-order valence-electron chi connectivity index (χ3n) is 4.79. The van der Waals surface area contributed by atoms with Gasteiger partial charge in [0.1, 0.15) is 5.82 Å². The predicted octanol–water partition coefficient (Wildman–Crippen LogP) is 5.10. The SMILES string of the molecule is Cc1ccc(NC(=O)CN(C)C(c2ccccc2)c2ccc(F)cc2)c(C)c1. The van der Waals surface area contributed by atoms with Crippen LogP contribution in [0.25, 0.3) is 0 Å². The second-order valence-electron chi connectivity index (χ2n) is 7.15. The first kappa shape index (κ1) is 19.8. The van der Waals surface area contributed by atoms with Crippen LogP contribution in [0.15, 0.2) is 72.8 Å². The fourth-order valence-corrected chi connectivity index (χ4v) is 3.44. The van der Waals surface area contributed by atoms with Crippen molar-refractivity contribution in [3.63, 3.8) is 0 Å². The molecule has 3 aromatic rings. The van der Waals surface area contributed by atoms with Crippen LogP contribution in [0.1, 0.15) is 28.3 Å². The van der Waals surface area contributed by atoms with Crippen LogP contribution in [0.2, 0.25) is 0 Å². The molecule has 4 heteroatoms. The Morgan fingerprint density at radius 3 is 2.25 bits per heavy atom. The van der Waals surface area contributed by atoms with Crippen LogP contribution in [-0.4, -0.2) is 24.4 Å². The summed E-state index contributed by atoms with van der Waals surface area (Å²) in [5.74, 6) is -0.358. The van der Waals surface area contributed by atoms with Crippen LogP contribution in [0.3, 0.4) is 0 Å². The molecule has 0 radical (unpaired) electrons. The highest BCUT2D eigenvalue weighted by Gasteiger charge is 2.21. The van der Waals surface area contributed by atoms with Gasteiger partial charge in [0.15, 0.2) is 0 Å². The highest BCUT2D eigenvalue weighted by Crippen LogP contribution is 2.27. The van der Waals surface area contributed by atoms with E-state index >= 15 is 0 Å². The molecule has 0 spiro atoms. The number of hydrogen-bond acceptors (Lipinski definition) is 2. The minimum absolute atomic E-state index is 0.0857. The summed E-state index contributed by atoms with van der Waals surface area (Å²) in [6.07, 6.45) is 0. The summed E-state index contributed by atoms with van der Waals surface area (Å²) in [6, 6.07) is 22.2. The molecule has 0 aromatic heterocycles. The molecule has 1 unspecified atom stereocenters. The molecule has 0 bridgehead atoms. The lowest BCUT2D eigenvalue weighted by Crippen LogP contribution is -2.34. The van der Waals surface area contributed by atoms with E-state index in [4.69, 9.17) is 0 Å². The number of likely N-dealkylation sites (N-methyl/N-ethyl adjacent to an activating group) is 1. The molecule has 144 valence electrons. The Bertz CT molecular complexity index is 939.